The quantitative estimate of drug-likeness (QED) is 0.609. The third-order valence-corrected chi connectivity index (χ3v) is 2.78. The maximum Gasteiger partial charge on any atom is 0.189 e. The molecule has 1 aromatic carbocycles. The smallest absolute Gasteiger partial charge is 0.189 e. The van der Waals surface area contributed by atoms with Gasteiger partial charge in [0.15, 0.2) is 11.6 Å². The Bertz CT molecular complexity index is 491. The fourth-order valence-corrected chi connectivity index (χ4v) is 1.90. The summed E-state index contributed by atoms with van der Waals surface area (Å²) in [5.74, 6) is -0.223. The Balaban J connectivity index is 2.23. The minimum absolute atomic E-state index is 0.0893. The molecule has 0 atom stereocenters. The molecule has 0 unspecified atom stereocenters. The highest BCUT2D eigenvalue weighted by Gasteiger charge is 2.24. The van der Waals surface area contributed by atoms with Gasteiger partial charge in [0.1, 0.15) is 6.07 Å². The van der Waals surface area contributed by atoms with Crippen LogP contribution in [0.25, 0.3) is 0 Å². The van der Waals surface area contributed by atoms with Gasteiger partial charge in [-0.2, -0.15) is 0 Å². The van der Waals surface area contributed by atoms with Crippen LogP contribution in [0.5, 0.6) is 0 Å². The van der Waals surface area contributed by atoms with E-state index in [0.717, 1.165) is 0 Å². The first-order valence-corrected chi connectivity index (χ1v) is 5.80. The van der Waals surface area contributed by atoms with Crippen LogP contribution >= 0.6 is 11.6 Å². The van der Waals surface area contributed by atoms with Gasteiger partial charge in [0, 0.05) is 16.7 Å². The van der Waals surface area contributed by atoms with E-state index < -0.39 is 0 Å². The molecule has 0 amide bonds. The summed E-state index contributed by atoms with van der Waals surface area (Å²) in [6.45, 7) is 0.344. The molecule has 0 heterocycles. The summed E-state index contributed by atoms with van der Waals surface area (Å²) in [5, 5.41) is 0. The summed E-state index contributed by atoms with van der Waals surface area (Å²) in [7, 11) is 0. The maximum absolute atomic E-state index is 12.0. The zero-order chi connectivity index (χ0) is 12.3. The molecule has 17 heavy (non-hydrogen) atoms. The molecule has 0 N–H and O–H groups in total. The highest BCUT2D eigenvalue weighted by atomic mass is 35.5. The average Bonchev–Trinajstić information content (AvgIpc) is 2.36. The number of allylic oxidation sites excluding steroid dienone is 1. The summed E-state index contributed by atoms with van der Waals surface area (Å²) in [6, 6.07) is 6.93. The van der Waals surface area contributed by atoms with Gasteiger partial charge < -0.3 is 4.74 Å². The van der Waals surface area contributed by atoms with Gasteiger partial charge in [-0.1, -0.05) is 35.9 Å². The number of carbonyl (C=O) groups excluding carboxylic acids is 2. The van der Waals surface area contributed by atoms with Crippen LogP contribution in [0.15, 0.2) is 35.9 Å². The molecule has 3 nitrogen and oxygen atoms in total. The second kappa shape index (κ2) is 5.25. The van der Waals surface area contributed by atoms with Crippen LogP contribution in [0.2, 0.25) is 0 Å². The Morgan fingerprint density at radius 1 is 1.12 bits per heavy atom. The fraction of sp³-hybridized carbons (Fsp3) is 0.231. The largest absolute Gasteiger partial charge is 0.365 e. The first-order chi connectivity index (χ1) is 8.24. The van der Waals surface area contributed by atoms with E-state index in [2.05, 4.69) is 0 Å². The number of hydrogen-bond acceptors (Lipinski definition) is 3. The first-order valence-electron chi connectivity index (χ1n) is 5.26. The van der Waals surface area contributed by atoms with Crippen LogP contribution in [-0.4, -0.2) is 24.2 Å². The third kappa shape index (κ3) is 2.46. The Kier molecular flexibility index (Phi) is 3.71. The van der Waals surface area contributed by atoms with Crippen molar-refractivity contribution in [2.75, 3.05) is 12.7 Å². The summed E-state index contributed by atoms with van der Waals surface area (Å²) in [6.07, 6.45) is 1.80. The maximum atomic E-state index is 12.0. The summed E-state index contributed by atoms with van der Waals surface area (Å²) in [5.41, 5.74) is 1.43. The van der Waals surface area contributed by atoms with E-state index in [4.69, 9.17) is 16.3 Å². The second-order valence-electron chi connectivity index (χ2n) is 3.68. The lowest BCUT2D eigenvalue weighted by molar-refractivity contribution is 0.0974. The molecule has 0 saturated heterocycles. The zero-order valence-corrected chi connectivity index (χ0v) is 9.87. The van der Waals surface area contributed by atoms with Gasteiger partial charge in [-0.25, -0.2) is 0 Å². The summed E-state index contributed by atoms with van der Waals surface area (Å²) >= 11 is 5.37. The van der Waals surface area contributed by atoms with E-state index in [0.29, 0.717) is 29.7 Å². The molecule has 0 aliphatic heterocycles. The monoisotopic (exact) mass is 250 g/mol. The Hall–Kier alpha value is -1.45. The third-order valence-electron chi connectivity index (χ3n) is 2.63. The average molecular weight is 251 g/mol. The van der Waals surface area contributed by atoms with Gasteiger partial charge >= 0.3 is 0 Å². The number of rotatable bonds is 4. The molecule has 1 aromatic rings. The van der Waals surface area contributed by atoms with Crippen molar-refractivity contribution in [3.05, 3.63) is 47.0 Å². The van der Waals surface area contributed by atoms with E-state index in [1.165, 1.54) is 6.08 Å². The molecular weight excluding hydrogens is 240 g/mol. The van der Waals surface area contributed by atoms with Gasteiger partial charge in [-0.15, -0.1) is 0 Å². The second-order valence-corrected chi connectivity index (χ2v) is 3.89. The molecule has 0 saturated carbocycles. The molecule has 88 valence electrons. The molecule has 1 aliphatic carbocycles. The minimum Gasteiger partial charge on any atom is -0.365 e. The molecule has 0 radical (unpaired) electrons. The molecular formula is C13H11ClO3. The van der Waals surface area contributed by atoms with Crippen molar-refractivity contribution >= 4 is 23.2 Å². The van der Waals surface area contributed by atoms with Crippen molar-refractivity contribution in [2.45, 2.75) is 6.42 Å². The lowest BCUT2D eigenvalue weighted by Gasteiger charge is -2.14. The van der Waals surface area contributed by atoms with Crippen molar-refractivity contribution in [2.24, 2.45) is 0 Å². The standard InChI is InChI=1S/C13H11ClO3/c14-8-17-6-5-9-7-12(15)10-3-1-2-4-11(10)13(9)16/h1-4,7H,5-6,8H2. The van der Waals surface area contributed by atoms with Gasteiger partial charge in [-0.3, -0.25) is 9.59 Å². The highest BCUT2D eigenvalue weighted by molar-refractivity contribution is 6.24. The Morgan fingerprint density at radius 3 is 2.53 bits per heavy atom. The normalized spacial score (nSPS) is 14.5. The van der Waals surface area contributed by atoms with Gasteiger partial charge in [0.25, 0.3) is 0 Å². The van der Waals surface area contributed by atoms with Crippen LogP contribution in [0.4, 0.5) is 0 Å². The number of alkyl halides is 1. The predicted octanol–water partition coefficient (Wildman–Crippen LogP) is 2.60. The topological polar surface area (TPSA) is 43.4 Å². The van der Waals surface area contributed by atoms with Crippen LogP contribution in [0.1, 0.15) is 27.1 Å². The highest BCUT2D eigenvalue weighted by Crippen LogP contribution is 2.22. The van der Waals surface area contributed by atoms with Crippen LogP contribution < -0.4 is 0 Å². The molecule has 2 rings (SSSR count). The van der Waals surface area contributed by atoms with E-state index >= 15 is 0 Å². The minimum atomic E-state index is -0.124. The van der Waals surface area contributed by atoms with E-state index in [9.17, 15) is 9.59 Å². The fourth-order valence-electron chi connectivity index (χ4n) is 1.79. The van der Waals surface area contributed by atoms with E-state index in [1.54, 1.807) is 24.3 Å². The number of carbonyl (C=O) groups is 2. The molecule has 0 spiro atoms. The van der Waals surface area contributed by atoms with E-state index in [1.807, 2.05) is 0 Å². The summed E-state index contributed by atoms with van der Waals surface area (Å²) in [4.78, 5) is 23.8. The van der Waals surface area contributed by atoms with E-state index in [-0.39, 0.29) is 17.6 Å². The summed E-state index contributed by atoms with van der Waals surface area (Å²) < 4.78 is 4.97. The number of benzene rings is 1. The number of hydrogen-bond donors (Lipinski definition) is 0. The SMILES string of the molecule is O=C1C=C(CCOCCl)C(=O)c2ccccc21. The molecule has 0 bridgehead atoms. The first kappa shape index (κ1) is 12.0. The Morgan fingerprint density at radius 2 is 1.82 bits per heavy atom. The van der Waals surface area contributed by atoms with Gasteiger partial charge in [-0.05, 0) is 12.5 Å². The van der Waals surface area contributed by atoms with Crippen molar-refractivity contribution < 1.29 is 14.3 Å². The number of ketones is 2. The van der Waals surface area contributed by atoms with Crippen LogP contribution in [0, 0.1) is 0 Å². The number of fused-ring (bicyclic) bond motifs is 1. The van der Waals surface area contributed by atoms with Gasteiger partial charge in [0.05, 0.1) is 6.61 Å². The predicted molar refractivity (Wildman–Crippen MR) is 64.5 cm³/mol. The molecule has 0 fully saturated rings. The van der Waals surface area contributed by atoms with Crippen molar-refractivity contribution in [1.82, 2.24) is 0 Å². The zero-order valence-electron chi connectivity index (χ0n) is 9.11. The number of Topliss-reactive ketones (excluding diaryl/α,β-unsaturated/α-hetero) is 1. The lowest BCUT2D eigenvalue weighted by atomic mass is 9.88. The lowest BCUT2D eigenvalue weighted by Crippen LogP contribution is -2.17. The number of ether oxygens (including phenoxy) is 1. The van der Waals surface area contributed by atoms with Gasteiger partial charge in [0.2, 0.25) is 0 Å². The molecule has 4 heteroatoms. The molecule has 1 aliphatic rings. The van der Waals surface area contributed by atoms with Crippen LogP contribution in [-0.2, 0) is 4.74 Å². The Labute approximate surface area is 104 Å². The van der Waals surface area contributed by atoms with Crippen molar-refractivity contribution in [3.63, 3.8) is 0 Å². The van der Waals surface area contributed by atoms with Crippen LogP contribution in [0.3, 0.4) is 0 Å². The molecule has 0 aromatic heterocycles. The van der Waals surface area contributed by atoms with Crippen molar-refractivity contribution in [3.8, 4) is 0 Å². The number of halogens is 1. The van der Waals surface area contributed by atoms with Crippen molar-refractivity contribution in [1.29, 1.82) is 0 Å².